The van der Waals surface area contributed by atoms with Gasteiger partial charge in [0.25, 0.3) is 5.56 Å². The molecule has 0 radical (unpaired) electrons. The van der Waals surface area contributed by atoms with Gasteiger partial charge in [0, 0.05) is 11.3 Å². The number of nitrogens with one attached hydrogen (secondary N) is 2. The average Bonchev–Trinajstić information content (AvgIpc) is 3.19. The van der Waals surface area contributed by atoms with E-state index in [0.717, 1.165) is 17.4 Å². The quantitative estimate of drug-likeness (QED) is 0.274. The van der Waals surface area contributed by atoms with Crippen LogP contribution in [0.2, 0.25) is 0 Å². The Bertz CT molecular complexity index is 1330. The molecule has 0 spiro atoms. The van der Waals surface area contributed by atoms with Gasteiger partial charge in [-0.2, -0.15) is 5.10 Å². The van der Waals surface area contributed by atoms with Crippen LogP contribution in [0, 0.1) is 0 Å². The summed E-state index contributed by atoms with van der Waals surface area (Å²) in [4.78, 5) is 43.9. The number of benzene rings is 2. The zero-order chi connectivity index (χ0) is 22.0. The Kier molecular flexibility index (Phi) is 5.68. The lowest BCUT2D eigenvalue weighted by Crippen LogP contribution is -2.23. The first-order valence-corrected chi connectivity index (χ1v) is 10.4. The van der Waals surface area contributed by atoms with Gasteiger partial charge < -0.3 is 10.3 Å². The van der Waals surface area contributed by atoms with Gasteiger partial charge in [0.05, 0.1) is 17.1 Å². The van der Waals surface area contributed by atoms with E-state index in [1.54, 1.807) is 35.9 Å². The van der Waals surface area contributed by atoms with Gasteiger partial charge in [0.1, 0.15) is 5.39 Å². The van der Waals surface area contributed by atoms with E-state index in [1.807, 2.05) is 30.3 Å². The molecule has 0 aliphatic rings. The van der Waals surface area contributed by atoms with Crippen LogP contribution in [0.1, 0.15) is 24.2 Å². The monoisotopic (exact) mass is 433 g/mol. The number of rotatable bonds is 6. The molecule has 4 aromatic rings. The van der Waals surface area contributed by atoms with E-state index in [9.17, 15) is 14.4 Å². The molecular weight excluding hydrogens is 414 g/mol. The number of amides is 1. The Balaban J connectivity index is 1.56. The normalized spacial score (nSPS) is 11.9. The average molecular weight is 433 g/mol. The van der Waals surface area contributed by atoms with Crippen LogP contribution >= 0.6 is 11.8 Å². The zero-order valence-corrected chi connectivity index (χ0v) is 17.6. The van der Waals surface area contributed by atoms with Crippen molar-refractivity contribution in [1.82, 2.24) is 19.7 Å². The lowest BCUT2D eigenvalue weighted by atomic mass is 10.1. The highest BCUT2D eigenvalue weighted by Gasteiger charge is 2.18. The van der Waals surface area contributed by atoms with Crippen LogP contribution in [-0.2, 0) is 4.79 Å². The maximum atomic E-state index is 12.6. The molecule has 156 valence electrons. The maximum absolute atomic E-state index is 12.6. The second-order valence-electron chi connectivity index (χ2n) is 6.89. The molecule has 0 saturated heterocycles. The molecule has 2 heterocycles. The van der Waals surface area contributed by atoms with Crippen LogP contribution in [0.25, 0.3) is 16.7 Å². The minimum atomic E-state index is -0.547. The molecule has 2 aromatic carbocycles. The summed E-state index contributed by atoms with van der Waals surface area (Å²) in [5.41, 5.74) is 1.92. The van der Waals surface area contributed by atoms with Gasteiger partial charge in [-0.25, -0.2) is 9.67 Å². The van der Waals surface area contributed by atoms with E-state index >= 15 is 0 Å². The number of carbonyl (C=O) groups excluding carboxylic acids is 2. The topological polar surface area (TPSA) is 110 Å². The van der Waals surface area contributed by atoms with Gasteiger partial charge in [-0.3, -0.25) is 14.4 Å². The molecular formula is C22H19N5O3S. The van der Waals surface area contributed by atoms with Crippen molar-refractivity contribution in [3.8, 4) is 5.69 Å². The van der Waals surface area contributed by atoms with Crippen molar-refractivity contribution in [3.63, 3.8) is 0 Å². The van der Waals surface area contributed by atoms with E-state index in [-0.39, 0.29) is 17.2 Å². The number of fused-ring (bicyclic) bond motifs is 1. The van der Waals surface area contributed by atoms with Crippen molar-refractivity contribution in [3.05, 3.63) is 76.7 Å². The molecule has 2 N–H and O–H groups in total. The molecule has 4 rings (SSSR count). The second kappa shape index (κ2) is 8.57. The van der Waals surface area contributed by atoms with Crippen LogP contribution in [0.3, 0.4) is 0 Å². The number of nitrogens with zero attached hydrogens (tertiary/aromatic N) is 3. The molecule has 1 atom stereocenters. The number of thioether (sulfide) groups is 1. The summed E-state index contributed by atoms with van der Waals surface area (Å²) >= 11 is 1.13. The Morgan fingerprint density at radius 2 is 1.90 bits per heavy atom. The van der Waals surface area contributed by atoms with E-state index < -0.39 is 5.25 Å². The minimum absolute atomic E-state index is 0.0800. The number of hydrogen-bond acceptors (Lipinski definition) is 6. The third-order valence-electron chi connectivity index (χ3n) is 4.61. The van der Waals surface area contributed by atoms with Gasteiger partial charge in [0.2, 0.25) is 5.91 Å². The molecule has 31 heavy (non-hydrogen) atoms. The van der Waals surface area contributed by atoms with Crippen LogP contribution in [-0.4, -0.2) is 36.7 Å². The number of H-pyrrole nitrogens is 1. The third-order valence-corrected chi connectivity index (χ3v) is 5.60. The first kappa shape index (κ1) is 20.5. The van der Waals surface area contributed by atoms with Crippen molar-refractivity contribution in [2.24, 2.45) is 0 Å². The van der Waals surface area contributed by atoms with Crippen molar-refractivity contribution >= 4 is 40.2 Å². The van der Waals surface area contributed by atoms with Gasteiger partial charge >= 0.3 is 0 Å². The number of carbonyl (C=O) groups is 2. The largest absolute Gasteiger partial charge is 0.325 e. The lowest BCUT2D eigenvalue weighted by molar-refractivity contribution is -0.115. The molecule has 0 aliphatic heterocycles. The van der Waals surface area contributed by atoms with Gasteiger partial charge in [0.15, 0.2) is 16.6 Å². The van der Waals surface area contributed by atoms with Crippen LogP contribution < -0.4 is 10.9 Å². The first-order chi connectivity index (χ1) is 14.9. The summed E-state index contributed by atoms with van der Waals surface area (Å²) in [5.74, 6) is -0.353. The molecule has 2 aromatic heterocycles. The number of hydrogen-bond donors (Lipinski definition) is 2. The van der Waals surface area contributed by atoms with E-state index in [0.29, 0.717) is 27.4 Å². The second-order valence-corrected chi connectivity index (χ2v) is 8.22. The van der Waals surface area contributed by atoms with Gasteiger partial charge in [-0.05, 0) is 38.1 Å². The fourth-order valence-corrected chi connectivity index (χ4v) is 3.78. The Hall–Kier alpha value is -3.72. The number of aromatic nitrogens is 4. The van der Waals surface area contributed by atoms with E-state index in [1.165, 1.54) is 13.1 Å². The number of para-hydroxylation sites is 1. The first-order valence-electron chi connectivity index (χ1n) is 9.54. The highest BCUT2D eigenvalue weighted by Crippen LogP contribution is 2.23. The summed E-state index contributed by atoms with van der Waals surface area (Å²) in [6, 6.07) is 16.1. The summed E-state index contributed by atoms with van der Waals surface area (Å²) < 4.78 is 1.59. The minimum Gasteiger partial charge on any atom is -0.325 e. The fraction of sp³-hybridized carbons (Fsp3) is 0.136. The predicted molar refractivity (Wildman–Crippen MR) is 120 cm³/mol. The van der Waals surface area contributed by atoms with Crippen LogP contribution in [0.5, 0.6) is 0 Å². The molecule has 8 nitrogen and oxygen atoms in total. The van der Waals surface area contributed by atoms with E-state index in [4.69, 9.17) is 0 Å². The molecule has 0 fully saturated rings. The van der Waals surface area contributed by atoms with Gasteiger partial charge in [-0.15, -0.1) is 0 Å². The highest BCUT2D eigenvalue weighted by molar-refractivity contribution is 8.00. The predicted octanol–water partition coefficient (Wildman–Crippen LogP) is 3.43. The molecule has 0 bridgehead atoms. The SMILES string of the molecule is CC(=O)c1cccc(NC(=O)[C@H](C)Sc2nc3c(cnn3-c3ccccc3)c(=O)[nH]2)c1. The lowest BCUT2D eigenvalue weighted by Gasteiger charge is -2.12. The Morgan fingerprint density at radius 1 is 1.13 bits per heavy atom. The molecule has 1 amide bonds. The molecule has 0 saturated carbocycles. The molecule has 9 heteroatoms. The number of ketones is 1. The van der Waals surface area contributed by atoms with E-state index in [2.05, 4.69) is 20.4 Å². The van der Waals surface area contributed by atoms with Crippen molar-refractivity contribution < 1.29 is 9.59 Å². The van der Waals surface area contributed by atoms with Crippen molar-refractivity contribution in [1.29, 1.82) is 0 Å². The van der Waals surface area contributed by atoms with Crippen LogP contribution in [0.15, 0.2) is 70.7 Å². The Labute approximate surface area is 181 Å². The third kappa shape index (κ3) is 4.41. The van der Waals surface area contributed by atoms with Crippen molar-refractivity contribution in [2.45, 2.75) is 24.3 Å². The smallest absolute Gasteiger partial charge is 0.262 e. The van der Waals surface area contributed by atoms with Crippen molar-refractivity contribution in [2.75, 3.05) is 5.32 Å². The molecule has 0 aliphatic carbocycles. The number of anilines is 1. The molecule has 0 unspecified atom stereocenters. The fourth-order valence-electron chi connectivity index (χ4n) is 2.99. The van der Waals surface area contributed by atoms with Crippen LogP contribution in [0.4, 0.5) is 5.69 Å². The van der Waals surface area contributed by atoms with Gasteiger partial charge in [-0.1, -0.05) is 42.1 Å². The maximum Gasteiger partial charge on any atom is 0.262 e. The summed E-state index contributed by atoms with van der Waals surface area (Å²) in [6.45, 7) is 3.19. The zero-order valence-electron chi connectivity index (χ0n) is 16.8. The number of Topliss-reactive ketones (excluding diaryl/α,β-unsaturated/α-hetero) is 1. The standard InChI is InChI=1S/C22H19N5O3S/c1-13(28)15-7-6-8-16(11-15)24-20(29)14(2)31-22-25-19-18(21(30)26-22)12-23-27(19)17-9-4-3-5-10-17/h3-12,14H,1-2H3,(H,24,29)(H,25,26,30)/t14-/m0/s1. The summed E-state index contributed by atoms with van der Waals surface area (Å²) in [5, 5.41) is 7.21. The highest BCUT2D eigenvalue weighted by atomic mass is 32.2. The summed E-state index contributed by atoms with van der Waals surface area (Å²) in [6.07, 6.45) is 1.47. The summed E-state index contributed by atoms with van der Waals surface area (Å²) in [7, 11) is 0. The number of aromatic amines is 1. The Morgan fingerprint density at radius 3 is 2.65 bits per heavy atom.